The first-order valence-corrected chi connectivity index (χ1v) is 4.01. The molecule has 58 valence electrons. The normalized spacial score (nSPS) is 14.9. The molecular weight excluding hydrogens is 192 g/mol. The van der Waals surface area contributed by atoms with Gasteiger partial charge >= 0.3 is 0 Å². The summed E-state index contributed by atoms with van der Waals surface area (Å²) in [5.74, 6) is 0. The number of ether oxygens (including phenoxy) is 1. The summed E-state index contributed by atoms with van der Waals surface area (Å²) in [5.41, 5.74) is 0. The highest BCUT2D eigenvalue weighted by Crippen LogP contribution is 2.08. The molecule has 0 aromatic heterocycles. The summed E-state index contributed by atoms with van der Waals surface area (Å²) in [4.78, 5) is 0. The van der Waals surface area contributed by atoms with Crippen LogP contribution in [0.25, 0.3) is 0 Å². The van der Waals surface area contributed by atoms with Crippen LogP contribution in [0.5, 0.6) is 0 Å². The molecule has 1 atom stereocenters. The fourth-order valence-electron chi connectivity index (χ4n) is 0.458. The van der Waals surface area contributed by atoms with E-state index in [2.05, 4.69) is 22.5 Å². The molecule has 0 saturated heterocycles. The smallest absolute Gasteiger partial charge is 0.0578 e. The molecule has 0 aliphatic carbocycles. The van der Waals surface area contributed by atoms with E-state index in [1.807, 2.05) is 13.0 Å². The highest BCUT2D eigenvalue weighted by atomic mass is 79.9. The Morgan fingerprint density at radius 1 is 1.80 bits per heavy atom. The van der Waals surface area contributed by atoms with Gasteiger partial charge in [-0.25, -0.2) is 0 Å². The van der Waals surface area contributed by atoms with Gasteiger partial charge < -0.3 is 4.74 Å². The molecule has 0 saturated carbocycles. The number of allylic oxidation sites excluding steroid dienone is 2. The molecule has 0 radical (unpaired) electrons. The lowest BCUT2D eigenvalue weighted by Gasteiger charge is -2.04. The average Bonchev–Trinajstić information content (AvgIpc) is 1.99. The van der Waals surface area contributed by atoms with Crippen molar-refractivity contribution in [2.24, 2.45) is 0 Å². The lowest BCUT2D eigenvalue weighted by Crippen LogP contribution is -2.01. The van der Waals surface area contributed by atoms with Crippen LogP contribution in [-0.2, 0) is 4.74 Å². The number of hydrogen-bond acceptors (Lipinski definition) is 1. The Morgan fingerprint density at radius 3 is 2.80 bits per heavy atom. The summed E-state index contributed by atoms with van der Waals surface area (Å²) in [5, 5.41) is 0. The van der Waals surface area contributed by atoms with E-state index in [0.717, 1.165) is 10.9 Å². The number of halogens is 1. The molecule has 0 aliphatic heterocycles. The van der Waals surface area contributed by atoms with Crippen LogP contribution in [0.15, 0.2) is 23.2 Å². The molecule has 1 nitrogen and oxygen atoms in total. The number of hydrogen-bond donors (Lipinski definition) is 0. The van der Waals surface area contributed by atoms with Crippen molar-refractivity contribution in [1.82, 2.24) is 0 Å². The van der Waals surface area contributed by atoms with E-state index in [-0.39, 0.29) is 6.10 Å². The molecule has 0 bridgehead atoms. The van der Waals surface area contributed by atoms with Crippen LogP contribution < -0.4 is 0 Å². The van der Waals surface area contributed by atoms with Gasteiger partial charge in [0.25, 0.3) is 0 Å². The maximum atomic E-state index is 5.05. The second-order valence-corrected chi connectivity index (χ2v) is 2.99. The SMILES string of the molecule is C=C/C(Br)=C\CC(C)OC. The molecule has 2 heteroatoms. The van der Waals surface area contributed by atoms with Crippen LogP contribution in [0.2, 0.25) is 0 Å². The van der Waals surface area contributed by atoms with Gasteiger partial charge in [-0.15, -0.1) is 0 Å². The first-order chi connectivity index (χ1) is 4.70. The molecule has 0 aliphatic rings. The van der Waals surface area contributed by atoms with E-state index < -0.39 is 0 Å². The van der Waals surface area contributed by atoms with Crippen molar-refractivity contribution in [3.63, 3.8) is 0 Å². The second-order valence-electron chi connectivity index (χ2n) is 2.08. The van der Waals surface area contributed by atoms with Crippen LogP contribution in [0, 0.1) is 0 Å². The molecule has 0 fully saturated rings. The molecule has 0 amide bonds. The zero-order valence-corrected chi connectivity index (χ0v) is 8.02. The monoisotopic (exact) mass is 204 g/mol. The number of rotatable bonds is 4. The molecule has 0 aromatic carbocycles. The maximum absolute atomic E-state index is 5.05. The summed E-state index contributed by atoms with van der Waals surface area (Å²) < 4.78 is 6.07. The summed E-state index contributed by atoms with van der Waals surface area (Å²) >= 11 is 3.32. The minimum Gasteiger partial charge on any atom is -0.381 e. The fraction of sp³-hybridized carbons (Fsp3) is 0.500. The zero-order valence-electron chi connectivity index (χ0n) is 6.43. The Bertz CT molecular complexity index is 129. The van der Waals surface area contributed by atoms with Gasteiger partial charge in [0.05, 0.1) is 6.10 Å². The van der Waals surface area contributed by atoms with E-state index >= 15 is 0 Å². The van der Waals surface area contributed by atoms with Gasteiger partial charge in [-0.1, -0.05) is 34.7 Å². The second kappa shape index (κ2) is 5.69. The molecule has 1 unspecified atom stereocenters. The fourth-order valence-corrected chi connectivity index (χ4v) is 0.645. The van der Waals surface area contributed by atoms with Crippen LogP contribution in [0.1, 0.15) is 13.3 Å². The molecule has 0 rings (SSSR count). The van der Waals surface area contributed by atoms with E-state index in [0.29, 0.717) is 0 Å². The van der Waals surface area contributed by atoms with Crippen molar-refractivity contribution >= 4 is 15.9 Å². The molecule has 0 spiro atoms. The lowest BCUT2D eigenvalue weighted by molar-refractivity contribution is 0.121. The summed E-state index contributed by atoms with van der Waals surface area (Å²) in [6, 6.07) is 0. The molecule has 0 aromatic rings. The van der Waals surface area contributed by atoms with E-state index in [9.17, 15) is 0 Å². The van der Waals surface area contributed by atoms with Crippen LogP contribution >= 0.6 is 15.9 Å². The Kier molecular flexibility index (Phi) is 5.64. The number of methoxy groups -OCH3 is 1. The van der Waals surface area contributed by atoms with E-state index in [1.54, 1.807) is 13.2 Å². The van der Waals surface area contributed by atoms with Gasteiger partial charge in [-0.05, 0) is 13.3 Å². The minimum absolute atomic E-state index is 0.285. The highest BCUT2D eigenvalue weighted by molar-refractivity contribution is 9.11. The van der Waals surface area contributed by atoms with Gasteiger partial charge in [0, 0.05) is 11.6 Å². The minimum atomic E-state index is 0.285. The van der Waals surface area contributed by atoms with Gasteiger partial charge in [0.1, 0.15) is 0 Å². The van der Waals surface area contributed by atoms with Crippen molar-refractivity contribution < 1.29 is 4.74 Å². The Morgan fingerprint density at radius 2 is 2.40 bits per heavy atom. The van der Waals surface area contributed by atoms with Gasteiger partial charge in [-0.3, -0.25) is 0 Å². The van der Waals surface area contributed by atoms with Crippen LogP contribution in [0.4, 0.5) is 0 Å². The van der Waals surface area contributed by atoms with Crippen molar-refractivity contribution in [3.05, 3.63) is 23.2 Å². The molecular formula is C8H13BrO. The first kappa shape index (κ1) is 9.92. The quantitative estimate of drug-likeness (QED) is 0.641. The molecule has 0 N–H and O–H groups in total. The Labute approximate surface area is 70.9 Å². The van der Waals surface area contributed by atoms with Crippen molar-refractivity contribution in [2.45, 2.75) is 19.4 Å². The molecule has 10 heavy (non-hydrogen) atoms. The average molecular weight is 205 g/mol. The lowest BCUT2D eigenvalue weighted by atomic mass is 10.2. The molecule has 0 heterocycles. The van der Waals surface area contributed by atoms with Crippen molar-refractivity contribution in [1.29, 1.82) is 0 Å². The first-order valence-electron chi connectivity index (χ1n) is 3.21. The standard InChI is InChI=1S/C8H13BrO/c1-4-8(9)6-5-7(2)10-3/h4,6-7H,1,5H2,2-3H3/b8-6+. The van der Waals surface area contributed by atoms with E-state index in [1.165, 1.54) is 0 Å². The predicted molar refractivity (Wildman–Crippen MR) is 48.3 cm³/mol. The van der Waals surface area contributed by atoms with Crippen molar-refractivity contribution in [3.8, 4) is 0 Å². The van der Waals surface area contributed by atoms with Gasteiger partial charge in [-0.2, -0.15) is 0 Å². The van der Waals surface area contributed by atoms with Crippen LogP contribution in [0.3, 0.4) is 0 Å². The third kappa shape index (κ3) is 4.77. The van der Waals surface area contributed by atoms with Gasteiger partial charge in [0.2, 0.25) is 0 Å². The van der Waals surface area contributed by atoms with E-state index in [4.69, 9.17) is 4.74 Å². The summed E-state index contributed by atoms with van der Waals surface area (Å²) in [6.07, 6.45) is 5.01. The zero-order chi connectivity index (χ0) is 7.98. The largest absolute Gasteiger partial charge is 0.381 e. The predicted octanol–water partition coefficient (Wildman–Crippen LogP) is 2.88. The maximum Gasteiger partial charge on any atom is 0.0578 e. The van der Waals surface area contributed by atoms with Crippen molar-refractivity contribution in [2.75, 3.05) is 7.11 Å². The van der Waals surface area contributed by atoms with Crippen LogP contribution in [-0.4, -0.2) is 13.2 Å². The third-order valence-corrected chi connectivity index (χ3v) is 1.89. The Balaban J connectivity index is 3.60. The van der Waals surface area contributed by atoms with Gasteiger partial charge in [0.15, 0.2) is 0 Å². The summed E-state index contributed by atoms with van der Waals surface area (Å²) in [6.45, 7) is 5.64. The third-order valence-electron chi connectivity index (χ3n) is 1.24. The highest BCUT2D eigenvalue weighted by Gasteiger charge is 1.94. The Hall–Kier alpha value is -0.0800. The topological polar surface area (TPSA) is 9.23 Å². The summed E-state index contributed by atoms with van der Waals surface area (Å²) in [7, 11) is 1.71.